The number of benzene rings is 1. The Morgan fingerprint density at radius 2 is 2.11 bits per heavy atom. The van der Waals surface area contributed by atoms with Crippen LogP contribution in [0, 0.1) is 0 Å². The quantitative estimate of drug-likeness (QED) is 0.746. The summed E-state index contributed by atoms with van der Waals surface area (Å²) < 4.78 is 10.3. The minimum Gasteiger partial charge on any atom is -0.508 e. The second-order valence-electron chi connectivity index (χ2n) is 4.64. The molecule has 0 aliphatic carbocycles. The minimum atomic E-state index is -1.62. The van der Waals surface area contributed by atoms with Crippen molar-refractivity contribution in [1.29, 1.82) is 0 Å². The van der Waals surface area contributed by atoms with Crippen molar-refractivity contribution < 1.29 is 24.5 Å². The van der Waals surface area contributed by atoms with Gasteiger partial charge in [-0.05, 0) is 23.8 Å². The number of aliphatic hydroxyl groups is 1. The second-order valence-corrected chi connectivity index (χ2v) is 4.64. The smallest absolute Gasteiger partial charge is 0.334 e. The third-order valence-corrected chi connectivity index (χ3v) is 3.12. The highest BCUT2D eigenvalue weighted by Gasteiger charge is 2.39. The van der Waals surface area contributed by atoms with Gasteiger partial charge < -0.3 is 19.7 Å². The molecule has 1 aromatic rings. The van der Waals surface area contributed by atoms with Crippen LogP contribution in [0.1, 0.15) is 12.5 Å². The Hall–Kier alpha value is -2.27. The maximum atomic E-state index is 11.2. The van der Waals surface area contributed by atoms with Crippen LogP contribution in [0.3, 0.4) is 0 Å². The molecule has 2 aliphatic heterocycles. The number of hydrogen-bond acceptors (Lipinski definition) is 5. The molecule has 2 heterocycles. The normalized spacial score (nSPS) is 25.1. The molecular formula is C14H12O5. The molecule has 5 nitrogen and oxygen atoms in total. The molecule has 1 atom stereocenters. The van der Waals surface area contributed by atoms with Gasteiger partial charge in [0.2, 0.25) is 5.79 Å². The van der Waals surface area contributed by atoms with Crippen LogP contribution in [0.4, 0.5) is 0 Å². The van der Waals surface area contributed by atoms with Crippen molar-refractivity contribution in [2.75, 3.05) is 6.61 Å². The number of cyclic esters (lactones) is 1. The molecule has 19 heavy (non-hydrogen) atoms. The standard InChI is InChI=1S/C14H12O5/c1-14(17)11(6-13(16)19-14)9-4-8-2-3-10(15)5-12(8)18-7-9/h2-6,15,17H,7H2,1H3/t14-/m1/s1. The van der Waals surface area contributed by atoms with Crippen LogP contribution in [0.15, 0.2) is 35.4 Å². The Bertz CT molecular complexity index is 625. The van der Waals surface area contributed by atoms with Gasteiger partial charge in [-0.1, -0.05) is 0 Å². The van der Waals surface area contributed by atoms with Gasteiger partial charge in [-0.2, -0.15) is 0 Å². The zero-order valence-corrected chi connectivity index (χ0v) is 10.2. The van der Waals surface area contributed by atoms with Crippen molar-refractivity contribution in [3.63, 3.8) is 0 Å². The van der Waals surface area contributed by atoms with Crippen molar-refractivity contribution in [3.05, 3.63) is 41.0 Å². The average Bonchev–Trinajstić information content (AvgIpc) is 2.62. The van der Waals surface area contributed by atoms with Gasteiger partial charge in [-0.3, -0.25) is 0 Å². The van der Waals surface area contributed by atoms with Crippen molar-refractivity contribution in [1.82, 2.24) is 0 Å². The van der Waals surface area contributed by atoms with E-state index in [1.807, 2.05) is 0 Å². The summed E-state index contributed by atoms with van der Waals surface area (Å²) in [5.41, 5.74) is 1.85. The fourth-order valence-electron chi connectivity index (χ4n) is 2.23. The molecular weight excluding hydrogens is 248 g/mol. The Balaban J connectivity index is 2.02. The molecule has 5 heteroatoms. The SMILES string of the molecule is C[C@@]1(O)OC(=O)C=C1C1=Cc2ccc(O)cc2OC1. The lowest BCUT2D eigenvalue weighted by atomic mass is 9.96. The second kappa shape index (κ2) is 3.86. The van der Waals surface area contributed by atoms with Crippen LogP contribution >= 0.6 is 0 Å². The van der Waals surface area contributed by atoms with Crippen molar-refractivity contribution >= 4 is 12.0 Å². The van der Waals surface area contributed by atoms with Crippen LogP contribution in [-0.2, 0) is 9.53 Å². The van der Waals surface area contributed by atoms with Crippen molar-refractivity contribution in [2.24, 2.45) is 0 Å². The van der Waals surface area contributed by atoms with E-state index < -0.39 is 11.8 Å². The average molecular weight is 260 g/mol. The molecule has 0 spiro atoms. The fraction of sp³-hybridized carbons (Fsp3) is 0.214. The monoisotopic (exact) mass is 260 g/mol. The molecule has 2 aliphatic rings. The molecule has 0 bridgehead atoms. The van der Waals surface area contributed by atoms with Gasteiger partial charge in [0.05, 0.1) is 0 Å². The predicted molar refractivity (Wildman–Crippen MR) is 66.4 cm³/mol. The molecule has 0 fully saturated rings. The first-order chi connectivity index (χ1) is 8.95. The van der Waals surface area contributed by atoms with Crippen LogP contribution < -0.4 is 4.74 Å². The first-order valence-corrected chi connectivity index (χ1v) is 5.80. The molecule has 0 radical (unpaired) electrons. The van der Waals surface area contributed by atoms with E-state index in [4.69, 9.17) is 9.47 Å². The topological polar surface area (TPSA) is 76.0 Å². The summed E-state index contributed by atoms with van der Waals surface area (Å²) in [6, 6.07) is 4.77. The number of carbonyl (C=O) groups is 1. The number of carbonyl (C=O) groups excluding carboxylic acids is 1. The van der Waals surface area contributed by atoms with Gasteiger partial charge in [0, 0.05) is 30.2 Å². The van der Waals surface area contributed by atoms with Gasteiger partial charge >= 0.3 is 5.97 Å². The molecule has 0 aromatic heterocycles. The Morgan fingerprint density at radius 1 is 1.32 bits per heavy atom. The summed E-state index contributed by atoms with van der Waals surface area (Å²) in [7, 11) is 0. The fourth-order valence-corrected chi connectivity index (χ4v) is 2.23. The van der Waals surface area contributed by atoms with Gasteiger partial charge in [0.15, 0.2) is 0 Å². The highest BCUT2D eigenvalue weighted by atomic mass is 16.7. The molecule has 3 rings (SSSR count). The van der Waals surface area contributed by atoms with E-state index in [9.17, 15) is 15.0 Å². The van der Waals surface area contributed by atoms with E-state index >= 15 is 0 Å². The lowest BCUT2D eigenvalue weighted by Crippen LogP contribution is -2.29. The summed E-state index contributed by atoms with van der Waals surface area (Å²) in [6.45, 7) is 1.62. The highest BCUT2D eigenvalue weighted by molar-refractivity contribution is 5.88. The van der Waals surface area contributed by atoms with Crippen LogP contribution in [0.25, 0.3) is 6.08 Å². The van der Waals surface area contributed by atoms with Crippen LogP contribution in [-0.4, -0.2) is 28.6 Å². The predicted octanol–water partition coefficient (Wildman–Crippen LogP) is 1.36. The van der Waals surface area contributed by atoms with E-state index in [-0.39, 0.29) is 12.4 Å². The number of esters is 1. The van der Waals surface area contributed by atoms with E-state index in [1.165, 1.54) is 19.1 Å². The van der Waals surface area contributed by atoms with Gasteiger partial charge in [0.25, 0.3) is 0 Å². The number of phenols is 1. The largest absolute Gasteiger partial charge is 0.508 e. The first-order valence-electron chi connectivity index (χ1n) is 5.80. The van der Waals surface area contributed by atoms with E-state index in [0.29, 0.717) is 16.9 Å². The van der Waals surface area contributed by atoms with E-state index in [1.54, 1.807) is 18.2 Å². The zero-order chi connectivity index (χ0) is 13.6. The lowest BCUT2D eigenvalue weighted by Gasteiger charge is -2.24. The minimum absolute atomic E-state index is 0.126. The Morgan fingerprint density at radius 3 is 2.79 bits per heavy atom. The van der Waals surface area contributed by atoms with Crippen molar-refractivity contribution in [2.45, 2.75) is 12.7 Å². The Kier molecular flexibility index (Phi) is 2.40. The summed E-state index contributed by atoms with van der Waals surface area (Å²) in [6.07, 6.45) is 3.07. The first kappa shape index (κ1) is 11.8. The molecule has 0 saturated carbocycles. The third-order valence-electron chi connectivity index (χ3n) is 3.12. The number of fused-ring (bicyclic) bond motifs is 1. The number of phenolic OH excluding ortho intramolecular Hbond substituents is 1. The summed E-state index contributed by atoms with van der Waals surface area (Å²) in [5.74, 6) is -1.51. The van der Waals surface area contributed by atoms with Crippen molar-refractivity contribution in [3.8, 4) is 11.5 Å². The van der Waals surface area contributed by atoms with E-state index in [0.717, 1.165) is 5.56 Å². The maximum Gasteiger partial charge on any atom is 0.334 e. The van der Waals surface area contributed by atoms with Gasteiger partial charge in [0.1, 0.15) is 18.1 Å². The third kappa shape index (κ3) is 1.98. The number of aromatic hydroxyl groups is 1. The highest BCUT2D eigenvalue weighted by Crippen LogP contribution is 2.37. The lowest BCUT2D eigenvalue weighted by molar-refractivity contribution is -0.174. The summed E-state index contributed by atoms with van der Waals surface area (Å²) in [4.78, 5) is 11.2. The molecule has 0 unspecified atom stereocenters. The zero-order valence-electron chi connectivity index (χ0n) is 10.2. The molecule has 0 amide bonds. The van der Waals surface area contributed by atoms with E-state index in [2.05, 4.69) is 0 Å². The molecule has 1 aromatic carbocycles. The number of hydrogen-bond donors (Lipinski definition) is 2. The summed E-state index contributed by atoms with van der Waals surface area (Å²) >= 11 is 0. The number of rotatable bonds is 1. The number of ether oxygens (including phenoxy) is 2. The van der Waals surface area contributed by atoms with Crippen LogP contribution in [0.5, 0.6) is 11.5 Å². The maximum absolute atomic E-state index is 11.2. The van der Waals surface area contributed by atoms with Gasteiger partial charge in [-0.15, -0.1) is 0 Å². The Labute approximate surface area is 109 Å². The molecule has 0 saturated heterocycles. The van der Waals surface area contributed by atoms with Gasteiger partial charge in [-0.25, -0.2) is 4.79 Å². The molecule has 2 N–H and O–H groups in total. The molecule has 98 valence electrons. The van der Waals surface area contributed by atoms with Crippen LogP contribution in [0.2, 0.25) is 0 Å². The summed E-state index contributed by atoms with van der Waals surface area (Å²) in [5, 5.41) is 19.4.